The molecule has 0 unspecified atom stereocenters. The molecule has 0 amide bonds. The van der Waals surface area contributed by atoms with Crippen LogP contribution in [0, 0.1) is 3.57 Å². The van der Waals surface area contributed by atoms with Gasteiger partial charge in [-0.3, -0.25) is 0 Å². The van der Waals surface area contributed by atoms with Crippen LogP contribution in [0.5, 0.6) is 0 Å². The van der Waals surface area contributed by atoms with Gasteiger partial charge in [0.1, 0.15) is 0 Å². The Morgan fingerprint density at radius 3 is 2.73 bits per heavy atom. The van der Waals surface area contributed by atoms with E-state index in [9.17, 15) is 0 Å². The van der Waals surface area contributed by atoms with E-state index in [4.69, 9.17) is 0 Å². The highest BCUT2D eigenvalue weighted by molar-refractivity contribution is 14.1. The van der Waals surface area contributed by atoms with Gasteiger partial charge in [0.15, 0.2) is 0 Å². The second-order valence-electron chi connectivity index (χ2n) is 3.33. The molecule has 1 heterocycles. The van der Waals surface area contributed by atoms with Crippen molar-refractivity contribution in [1.29, 1.82) is 0 Å². The molecule has 0 bridgehead atoms. The first-order chi connectivity index (χ1) is 7.27. The molecule has 3 rings (SSSR count). The number of benzene rings is 2. The van der Waals surface area contributed by atoms with Crippen LogP contribution in [0.15, 0.2) is 40.9 Å². The van der Waals surface area contributed by atoms with Crippen molar-refractivity contribution in [3.8, 4) is 0 Å². The topological polar surface area (TPSA) is 0 Å². The zero-order valence-electron chi connectivity index (χ0n) is 7.63. The molecule has 15 heavy (non-hydrogen) atoms. The minimum absolute atomic E-state index is 1.19. The van der Waals surface area contributed by atoms with E-state index in [2.05, 4.69) is 74.9 Å². The number of halogens is 2. The highest BCUT2D eigenvalue weighted by Crippen LogP contribution is 2.39. The fourth-order valence-electron chi connectivity index (χ4n) is 1.77. The summed E-state index contributed by atoms with van der Waals surface area (Å²) >= 11 is 7.89. The summed E-state index contributed by atoms with van der Waals surface area (Å²) < 4.78 is 5.26. The summed E-state index contributed by atoms with van der Waals surface area (Å²) in [5.74, 6) is 0. The van der Waals surface area contributed by atoms with Crippen molar-refractivity contribution in [2.75, 3.05) is 0 Å². The molecule has 2 aromatic carbocycles. The summed E-state index contributed by atoms with van der Waals surface area (Å²) in [4.78, 5) is 0. The molecule has 0 radical (unpaired) electrons. The Balaban J connectivity index is 2.65. The summed E-state index contributed by atoms with van der Waals surface area (Å²) in [5, 5.41) is 2.70. The molecule has 0 N–H and O–H groups in total. The Bertz CT molecular complexity index is 657. The van der Waals surface area contributed by atoms with Gasteiger partial charge in [-0.25, -0.2) is 0 Å². The number of hydrogen-bond acceptors (Lipinski definition) is 1. The SMILES string of the molecule is Brc1cccc2sc3c(I)cccc3c12. The van der Waals surface area contributed by atoms with Crippen LogP contribution in [0.1, 0.15) is 0 Å². The van der Waals surface area contributed by atoms with Gasteiger partial charge in [0.25, 0.3) is 0 Å². The van der Waals surface area contributed by atoms with E-state index < -0.39 is 0 Å². The van der Waals surface area contributed by atoms with Crippen molar-refractivity contribution in [2.24, 2.45) is 0 Å². The van der Waals surface area contributed by atoms with E-state index in [0.29, 0.717) is 0 Å². The summed E-state index contributed by atoms with van der Waals surface area (Å²) in [6.07, 6.45) is 0. The Kier molecular flexibility index (Phi) is 2.49. The van der Waals surface area contributed by atoms with Gasteiger partial charge in [0.2, 0.25) is 0 Å². The van der Waals surface area contributed by atoms with Crippen molar-refractivity contribution >= 4 is 70.0 Å². The summed E-state index contributed by atoms with van der Waals surface area (Å²) in [7, 11) is 0. The molecule has 0 aliphatic carbocycles. The van der Waals surface area contributed by atoms with Crippen molar-refractivity contribution in [3.63, 3.8) is 0 Å². The van der Waals surface area contributed by atoms with Gasteiger partial charge in [-0.05, 0) is 40.8 Å². The van der Waals surface area contributed by atoms with Crippen LogP contribution in [0.2, 0.25) is 0 Å². The van der Waals surface area contributed by atoms with Crippen LogP contribution in [0.25, 0.3) is 20.2 Å². The van der Waals surface area contributed by atoms with Gasteiger partial charge in [0, 0.05) is 28.2 Å². The molecule has 0 atom stereocenters. The fraction of sp³-hybridized carbons (Fsp3) is 0. The maximum Gasteiger partial charge on any atom is 0.0489 e. The standard InChI is InChI=1S/C12H6BrIS/c13-8-4-2-6-10-11(8)7-3-1-5-9(14)12(7)15-10/h1-6H. The predicted octanol–water partition coefficient (Wildman–Crippen LogP) is 5.42. The highest BCUT2D eigenvalue weighted by Gasteiger charge is 2.08. The van der Waals surface area contributed by atoms with Crippen LogP contribution < -0.4 is 0 Å². The molecule has 3 aromatic rings. The Labute approximate surface area is 114 Å². The predicted molar refractivity (Wildman–Crippen MR) is 79.7 cm³/mol. The number of fused-ring (bicyclic) bond motifs is 3. The minimum atomic E-state index is 1.19. The van der Waals surface area contributed by atoms with Crippen molar-refractivity contribution < 1.29 is 0 Å². The molecule has 1 aromatic heterocycles. The smallest absolute Gasteiger partial charge is 0.0489 e. The third kappa shape index (κ3) is 1.52. The van der Waals surface area contributed by atoms with Crippen LogP contribution in [0.4, 0.5) is 0 Å². The van der Waals surface area contributed by atoms with E-state index in [-0.39, 0.29) is 0 Å². The highest BCUT2D eigenvalue weighted by atomic mass is 127. The molecule has 0 fully saturated rings. The Morgan fingerprint density at radius 2 is 1.87 bits per heavy atom. The van der Waals surface area contributed by atoms with E-state index in [1.54, 1.807) is 0 Å². The molecule has 3 heteroatoms. The first-order valence-electron chi connectivity index (χ1n) is 4.52. The monoisotopic (exact) mass is 388 g/mol. The average Bonchev–Trinajstić information content (AvgIpc) is 2.59. The minimum Gasteiger partial charge on any atom is -0.134 e. The van der Waals surface area contributed by atoms with Crippen LogP contribution in [-0.4, -0.2) is 0 Å². The van der Waals surface area contributed by atoms with E-state index in [1.165, 1.54) is 28.2 Å². The normalized spacial score (nSPS) is 11.3. The van der Waals surface area contributed by atoms with E-state index in [0.717, 1.165) is 0 Å². The molecule has 0 spiro atoms. The quantitative estimate of drug-likeness (QED) is 0.451. The third-order valence-corrected chi connectivity index (χ3v) is 5.55. The number of thiophene rings is 1. The van der Waals surface area contributed by atoms with E-state index >= 15 is 0 Å². The molecular formula is C12H6BrIS. The lowest BCUT2D eigenvalue weighted by atomic mass is 10.2. The van der Waals surface area contributed by atoms with Crippen LogP contribution in [0.3, 0.4) is 0 Å². The second kappa shape index (κ2) is 3.71. The summed E-state index contributed by atoms with van der Waals surface area (Å²) in [5.41, 5.74) is 0. The fourth-order valence-corrected chi connectivity index (χ4v) is 4.44. The van der Waals surface area contributed by atoms with E-state index in [1.807, 2.05) is 11.3 Å². The Hall–Kier alpha value is -0.130. The zero-order valence-corrected chi connectivity index (χ0v) is 12.2. The lowest BCUT2D eigenvalue weighted by Crippen LogP contribution is -1.71. The summed E-state index contributed by atoms with van der Waals surface area (Å²) in [6.45, 7) is 0. The van der Waals surface area contributed by atoms with Crippen molar-refractivity contribution in [2.45, 2.75) is 0 Å². The van der Waals surface area contributed by atoms with Gasteiger partial charge < -0.3 is 0 Å². The first-order valence-corrected chi connectivity index (χ1v) is 7.21. The first kappa shape index (κ1) is 10.1. The molecule has 0 saturated carbocycles. The van der Waals surface area contributed by atoms with Crippen molar-refractivity contribution in [1.82, 2.24) is 0 Å². The summed E-state index contributed by atoms with van der Waals surface area (Å²) in [6, 6.07) is 12.9. The van der Waals surface area contributed by atoms with Gasteiger partial charge in [0.05, 0.1) is 0 Å². The maximum absolute atomic E-state index is 3.63. The molecule has 0 aliphatic heterocycles. The third-order valence-electron chi connectivity index (χ3n) is 2.42. The van der Waals surface area contributed by atoms with Crippen molar-refractivity contribution in [3.05, 3.63) is 44.4 Å². The van der Waals surface area contributed by atoms with Gasteiger partial charge in [-0.1, -0.05) is 34.1 Å². The van der Waals surface area contributed by atoms with Crippen LogP contribution in [-0.2, 0) is 0 Å². The second-order valence-corrected chi connectivity index (χ2v) is 6.40. The van der Waals surface area contributed by atoms with Gasteiger partial charge >= 0.3 is 0 Å². The largest absolute Gasteiger partial charge is 0.134 e. The average molecular weight is 389 g/mol. The molecule has 0 nitrogen and oxygen atoms in total. The number of hydrogen-bond donors (Lipinski definition) is 0. The molecule has 0 saturated heterocycles. The van der Waals surface area contributed by atoms with Crippen LogP contribution >= 0.6 is 49.9 Å². The lowest BCUT2D eigenvalue weighted by molar-refractivity contribution is 1.77. The zero-order chi connectivity index (χ0) is 10.4. The maximum atomic E-state index is 3.63. The lowest BCUT2D eigenvalue weighted by Gasteiger charge is -1.95. The van der Waals surface area contributed by atoms with Gasteiger partial charge in [-0.15, -0.1) is 11.3 Å². The molecule has 0 aliphatic rings. The van der Waals surface area contributed by atoms with Gasteiger partial charge in [-0.2, -0.15) is 0 Å². The number of rotatable bonds is 0. The Morgan fingerprint density at radius 1 is 1.07 bits per heavy atom. The molecule has 74 valence electrons. The molecular weight excluding hydrogens is 383 g/mol.